The van der Waals surface area contributed by atoms with Crippen LogP contribution in [0.2, 0.25) is 0 Å². The lowest BCUT2D eigenvalue weighted by Gasteiger charge is -2.10. The zero-order valence-electron chi connectivity index (χ0n) is 21.2. The highest BCUT2D eigenvalue weighted by molar-refractivity contribution is 5.87. The smallest absolute Gasteiger partial charge is 0.331 e. The summed E-state index contributed by atoms with van der Waals surface area (Å²) in [5, 5.41) is 11.9. The minimum absolute atomic E-state index is 0.0179. The fourth-order valence-electron chi connectivity index (χ4n) is 3.06. The van der Waals surface area contributed by atoms with Gasteiger partial charge in [-0.3, -0.25) is 4.79 Å². The lowest BCUT2D eigenvalue weighted by molar-refractivity contribution is -0.763. The van der Waals surface area contributed by atoms with Gasteiger partial charge in [0.25, 0.3) is 5.09 Å². The van der Waals surface area contributed by atoms with Crippen LogP contribution in [-0.4, -0.2) is 36.6 Å². The van der Waals surface area contributed by atoms with Crippen molar-refractivity contribution in [2.75, 3.05) is 13.7 Å². The first kappa shape index (κ1) is 29.6. The molecule has 0 fully saturated rings. The number of esters is 2. The van der Waals surface area contributed by atoms with Gasteiger partial charge in [0, 0.05) is 12.5 Å². The van der Waals surface area contributed by atoms with Crippen molar-refractivity contribution in [3.8, 4) is 11.5 Å². The van der Waals surface area contributed by atoms with Crippen LogP contribution in [0.15, 0.2) is 60.7 Å². The molecule has 0 aromatic heterocycles. The van der Waals surface area contributed by atoms with Crippen LogP contribution in [0.1, 0.15) is 42.9 Å². The average molecular weight is 527 g/mol. The van der Waals surface area contributed by atoms with Crippen LogP contribution >= 0.6 is 0 Å². The van der Waals surface area contributed by atoms with E-state index >= 15 is 0 Å². The maximum atomic E-state index is 12.1. The maximum absolute atomic E-state index is 12.1. The third-order valence-corrected chi connectivity index (χ3v) is 5.00. The number of nitrogens with one attached hydrogen (secondary N) is 1. The van der Waals surface area contributed by atoms with Gasteiger partial charge in [0.05, 0.1) is 7.11 Å². The molecular formula is C27H30N2O9. The highest BCUT2D eigenvalue weighted by Gasteiger charge is 2.12. The fraction of sp³-hybridized carbons (Fsp3) is 0.296. The molecular weight excluding hydrogens is 496 g/mol. The van der Waals surface area contributed by atoms with Gasteiger partial charge in [-0.1, -0.05) is 42.5 Å². The van der Waals surface area contributed by atoms with Crippen LogP contribution in [0, 0.1) is 10.1 Å². The van der Waals surface area contributed by atoms with E-state index in [-0.39, 0.29) is 37.2 Å². The first-order chi connectivity index (χ1) is 18.3. The predicted molar refractivity (Wildman–Crippen MR) is 137 cm³/mol. The summed E-state index contributed by atoms with van der Waals surface area (Å²) >= 11 is 0. The molecule has 11 heteroatoms. The van der Waals surface area contributed by atoms with Crippen molar-refractivity contribution < 1.29 is 38.5 Å². The molecule has 0 unspecified atom stereocenters. The third kappa shape index (κ3) is 11.4. The molecule has 0 radical (unpaired) electrons. The number of allylic oxidation sites excluding steroid dienone is 2. The van der Waals surface area contributed by atoms with Gasteiger partial charge in [0.15, 0.2) is 11.5 Å². The van der Waals surface area contributed by atoms with Gasteiger partial charge < -0.3 is 24.4 Å². The van der Waals surface area contributed by atoms with E-state index in [4.69, 9.17) is 14.2 Å². The summed E-state index contributed by atoms with van der Waals surface area (Å²) in [6, 6.07) is 11.4. The lowest BCUT2D eigenvalue weighted by Crippen LogP contribution is -2.31. The minimum Gasteiger partial charge on any atom is -0.493 e. The molecule has 38 heavy (non-hydrogen) atoms. The van der Waals surface area contributed by atoms with Gasteiger partial charge >= 0.3 is 11.9 Å². The SMILES string of the molecule is C/C=C\CCCC(=O)NCC(=O)Oc1ccc(/C=C/C(=O)OCc2ccc(CO[N+](=O)[O-])cc2)cc1OC. The molecule has 0 saturated heterocycles. The molecule has 11 nitrogen and oxygen atoms in total. The summed E-state index contributed by atoms with van der Waals surface area (Å²) in [4.78, 5) is 50.5. The monoisotopic (exact) mass is 526 g/mol. The lowest BCUT2D eigenvalue weighted by atomic mass is 10.1. The Morgan fingerprint density at radius 3 is 2.39 bits per heavy atom. The van der Waals surface area contributed by atoms with Crippen LogP contribution in [0.5, 0.6) is 11.5 Å². The highest BCUT2D eigenvalue weighted by atomic mass is 16.9. The Kier molecular flexibility index (Phi) is 12.6. The van der Waals surface area contributed by atoms with E-state index in [0.29, 0.717) is 29.5 Å². The van der Waals surface area contributed by atoms with E-state index in [1.54, 1.807) is 36.4 Å². The highest BCUT2D eigenvalue weighted by Crippen LogP contribution is 2.28. The first-order valence-electron chi connectivity index (χ1n) is 11.8. The van der Waals surface area contributed by atoms with Crippen molar-refractivity contribution >= 4 is 23.9 Å². The van der Waals surface area contributed by atoms with Crippen molar-refractivity contribution in [2.24, 2.45) is 0 Å². The number of carbonyl (C=O) groups is 3. The van der Waals surface area contributed by atoms with Crippen LogP contribution in [0.3, 0.4) is 0 Å². The zero-order chi connectivity index (χ0) is 27.8. The predicted octanol–water partition coefficient (Wildman–Crippen LogP) is 3.93. The number of nitrogens with zero attached hydrogens (tertiary/aromatic N) is 1. The minimum atomic E-state index is -0.866. The number of hydrogen-bond donors (Lipinski definition) is 1. The second kappa shape index (κ2) is 16.1. The number of amides is 1. The molecule has 0 atom stereocenters. The molecule has 0 aliphatic rings. The van der Waals surface area contributed by atoms with Gasteiger partial charge in [-0.15, -0.1) is 10.1 Å². The number of unbranched alkanes of at least 4 members (excludes halogenated alkanes) is 1. The molecule has 0 saturated carbocycles. The molecule has 1 amide bonds. The second-order valence-corrected chi connectivity index (χ2v) is 7.88. The standard InChI is InChI=1S/C27H30N2O9/c1-3-4-5-6-7-25(30)28-17-27(32)38-23-14-12-20(16-24(23)35-2)13-15-26(31)36-18-21-8-10-22(11-9-21)19-37-29(33)34/h3-4,8-16H,5-7,17-19H2,1-2H3,(H,28,30)/b4-3-,15-13+. The molecule has 2 aromatic rings. The molecule has 2 aromatic carbocycles. The second-order valence-electron chi connectivity index (χ2n) is 7.88. The van der Waals surface area contributed by atoms with Crippen molar-refractivity contribution in [2.45, 2.75) is 39.4 Å². The molecule has 0 aliphatic carbocycles. The van der Waals surface area contributed by atoms with Gasteiger partial charge in [-0.25, -0.2) is 9.59 Å². The summed E-state index contributed by atoms with van der Waals surface area (Å²) in [7, 11) is 1.41. The normalized spacial score (nSPS) is 10.8. The Labute approximate surface area is 220 Å². The molecule has 0 spiro atoms. The Bertz CT molecular complexity index is 1160. The van der Waals surface area contributed by atoms with Gasteiger partial charge in [0.2, 0.25) is 5.91 Å². The molecule has 0 bridgehead atoms. The Hall–Kier alpha value is -4.67. The van der Waals surface area contributed by atoms with Gasteiger partial charge in [-0.05, 0) is 54.7 Å². The Morgan fingerprint density at radius 1 is 1.03 bits per heavy atom. The molecule has 1 N–H and O–H groups in total. The Morgan fingerprint density at radius 2 is 1.74 bits per heavy atom. The van der Waals surface area contributed by atoms with Gasteiger partial charge in [0.1, 0.15) is 19.8 Å². The summed E-state index contributed by atoms with van der Waals surface area (Å²) in [5.41, 5.74) is 1.91. The zero-order valence-corrected chi connectivity index (χ0v) is 21.2. The summed E-state index contributed by atoms with van der Waals surface area (Å²) in [6.07, 6.45) is 8.45. The fourth-order valence-corrected chi connectivity index (χ4v) is 3.06. The van der Waals surface area contributed by atoms with E-state index in [1.165, 1.54) is 25.3 Å². The van der Waals surface area contributed by atoms with E-state index in [9.17, 15) is 24.5 Å². The van der Waals surface area contributed by atoms with Crippen molar-refractivity contribution in [3.05, 3.63) is 87.5 Å². The Balaban J connectivity index is 1.82. The molecule has 202 valence electrons. The largest absolute Gasteiger partial charge is 0.493 e. The number of methoxy groups -OCH3 is 1. The average Bonchev–Trinajstić information content (AvgIpc) is 2.91. The number of ether oxygens (including phenoxy) is 3. The summed E-state index contributed by atoms with van der Waals surface area (Å²) in [6.45, 7) is 1.50. The maximum Gasteiger partial charge on any atom is 0.331 e. The van der Waals surface area contributed by atoms with Crippen LogP contribution in [-0.2, 0) is 37.2 Å². The van der Waals surface area contributed by atoms with Gasteiger partial charge in [-0.2, -0.15) is 0 Å². The van der Waals surface area contributed by atoms with Crippen molar-refractivity contribution in [1.82, 2.24) is 5.32 Å². The van der Waals surface area contributed by atoms with Crippen molar-refractivity contribution in [1.29, 1.82) is 0 Å². The van der Waals surface area contributed by atoms with Crippen molar-refractivity contribution in [3.63, 3.8) is 0 Å². The summed E-state index contributed by atoms with van der Waals surface area (Å²) in [5.74, 6) is -1.01. The third-order valence-electron chi connectivity index (χ3n) is 5.00. The van der Waals surface area contributed by atoms with E-state index in [2.05, 4.69) is 10.2 Å². The summed E-state index contributed by atoms with van der Waals surface area (Å²) < 4.78 is 15.8. The quantitative estimate of drug-likeness (QED) is 0.0694. The molecule has 0 heterocycles. The van der Waals surface area contributed by atoms with E-state index in [1.807, 2.05) is 19.1 Å². The van der Waals surface area contributed by atoms with E-state index < -0.39 is 17.0 Å². The number of carbonyl (C=O) groups excluding carboxylic acids is 3. The van der Waals surface area contributed by atoms with Crippen LogP contribution in [0.25, 0.3) is 6.08 Å². The number of rotatable bonds is 15. The van der Waals surface area contributed by atoms with E-state index in [0.717, 1.165) is 6.42 Å². The van der Waals surface area contributed by atoms with Crippen LogP contribution < -0.4 is 14.8 Å². The first-order valence-corrected chi connectivity index (χ1v) is 11.8. The van der Waals surface area contributed by atoms with Crippen LogP contribution in [0.4, 0.5) is 0 Å². The molecule has 2 rings (SSSR count). The number of hydrogen-bond acceptors (Lipinski definition) is 9. The molecule has 0 aliphatic heterocycles. The topological polar surface area (TPSA) is 143 Å². The number of benzene rings is 2.